The Morgan fingerprint density at radius 3 is 2.17 bits per heavy atom. The maximum absolute atomic E-state index is 12.1. The van der Waals surface area contributed by atoms with Crippen LogP contribution in [0.1, 0.15) is 28.9 Å². The van der Waals surface area contributed by atoms with Gasteiger partial charge in [-0.15, -0.1) is 0 Å². The molecular formula is C22H26N4O3S. The van der Waals surface area contributed by atoms with Gasteiger partial charge in [-0.2, -0.15) is 5.10 Å². The van der Waals surface area contributed by atoms with Crippen molar-refractivity contribution in [3.63, 3.8) is 0 Å². The van der Waals surface area contributed by atoms with Gasteiger partial charge in [0.1, 0.15) is 0 Å². The van der Waals surface area contributed by atoms with E-state index in [1.807, 2.05) is 48.9 Å². The molecule has 0 spiro atoms. The van der Waals surface area contributed by atoms with Crippen molar-refractivity contribution in [1.82, 2.24) is 15.1 Å². The average molecular weight is 427 g/mol. The summed E-state index contributed by atoms with van der Waals surface area (Å²) in [4.78, 5) is 12.1. The van der Waals surface area contributed by atoms with Crippen LogP contribution in [0.3, 0.4) is 0 Å². The SMILES string of the molecule is Cc1cc(C)n(-c2ccc(CCNC(=O)CCc3ccc(S(N)(=O)=O)cc3)cc2)n1. The highest BCUT2D eigenvalue weighted by molar-refractivity contribution is 7.89. The summed E-state index contributed by atoms with van der Waals surface area (Å²) in [7, 11) is -3.69. The molecular weight excluding hydrogens is 400 g/mol. The number of nitrogens with one attached hydrogen (secondary N) is 1. The number of nitrogens with zero attached hydrogens (tertiary/aromatic N) is 2. The van der Waals surface area contributed by atoms with Crippen LogP contribution < -0.4 is 10.5 Å². The summed E-state index contributed by atoms with van der Waals surface area (Å²) >= 11 is 0. The van der Waals surface area contributed by atoms with Gasteiger partial charge in [0.15, 0.2) is 0 Å². The molecule has 0 bridgehead atoms. The van der Waals surface area contributed by atoms with Gasteiger partial charge in [0, 0.05) is 18.7 Å². The van der Waals surface area contributed by atoms with Crippen LogP contribution in [0.2, 0.25) is 0 Å². The molecule has 3 N–H and O–H groups in total. The summed E-state index contributed by atoms with van der Waals surface area (Å²) in [6, 6.07) is 16.5. The number of carbonyl (C=O) groups is 1. The number of hydrogen-bond acceptors (Lipinski definition) is 4. The average Bonchev–Trinajstić information content (AvgIpc) is 3.04. The van der Waals surface area contributed by atoms with Crippen LogP contribution in [-0.4, -0.2) is 30.7 Å². The Labute approximate surface area is 177 Å². The molecule has 0 unspecified atom stereocenters. The minimum atomic E-state index is -3.69. The van der Waals surface area contributed by atoms with Gasteiger partial charge in [0.2, 0.25) is 15.9 Å². The monoisotopic (exact) mass is 426 g/mol. The van der Waals surface area contributed by atoms with E-state index in [0.717, 1.165) is 34.6 Å². The minimum Gasteiger partial charge on any atom is -0.356 e. The fourth-order valence-electron chi connectivity index (χ4n) is 3.23. The second kappa shape index (κ2) is 9.23. The molecule has 7 nitrogen and oxygen atoms in total. The molecule has 0 saturated carbocycles. The third-order valence-corrected chi connectivity index (χ3v) is 5.75. The summed E-state index contributed by atoms with van der Waals surface area (Å²) in [5.74, 6) is -0.0372. The van der Waals surface area contributed by atoms with Gasteiger partial charge in [-0.3, -0.25) is 4.79 Å². The van der Waals surface area contributed by atoms with E-state index in [9.17, 15) is 13.2 Å². The molecule has 0 atom stereocenters. The van der Waals surface area contributed by atoms with Gasteiger partial charge in [-0.25, -0.2) is 18.2 Å². The molecule has 1 heterocycles. The number of nitrogens with two attached hydrogens (primary N) is 1. The number of primary sulfonamides is 1. The van der Waals surface area contributed by atoms with Crippen molar-refractivity contribution in [1.29, 1.82) is 0 Å². The first-order chi connectivity index (χ1) is 14.2. The number of amides is 1. The van der Waals surface area contributed by atoms with Crippen LogP contribution in [0.15, 0.2) is 59.5 Å². The van der Waals surface area contributed by atoms with Gasteiger partial charge < -0.3 is 5.32 Å². The van der Waals surface area contributed by atoms with Crippen LogP contribution >= 0.6 is 0 Å². The number of aromatic nitrogens is 2. The maximum Gasteiger partial charge on any atom is 0.238 e. The zero-order valence-corrected chi connectivity index (χ0v) is 17.9. The van der Waals surface area contributed by atoms with Crippen molar-refractivity contribution in [2.24, 2.45) is 5.14 Å². The Morgan fingerprint density at radius 2 is 1.60 bits per heavy atom. The molecule has 3 rings (SSSR count). The highest BCUT2D eigenvalue weighted by Crippen LogP contribution is 2.13. The van der Waals surface area contributed by atoms with Crippen LogP contribution in [0.4, 0.5) is 0 Å². The lowest BCUT2D eigenvalue weighted by atomic mass is 10.1. The minimum absolute atomic E-state index is 0.0372. The van der Waals surface area contributed by atoms with E-state index in [4.69, 9.17) is 5.14 Å². The van der Waals surface area contributed by atoms with Crippen molar-refractivity contribution in [3.05, 3.63) is 77.1 Å². The van der Waals surface area contributed by atoms with E-state index in [1.54, 1.807) is 12.1 Å². The molecule has 3 aromatic rings. The van der Waals surface area contributed by atoms with Gasteiger partial charge >= 0.3 is 0 Å². The maximum atomic E-state index is 12.1. The Morgan fingerprint density at radius 1 is 1.00 bits per heavy atom. The molecule has 0 radical (unpaired) electrons. The topological polar surface area (TPSA) is 107 Å². The second-order valence-electron chi connectivity index (χ2n) is 7.29. The van der Waals surface area contributed by atoms with Gasteiger partial charge in [-0.1, -0.05) is 24.3 Å². The van der Waals surface area contributed by atoms with E-state index in [-0.39, 0.29) is 10.8 Å². The Kier molecular flexibility index (Phi) is 6.69. The molecule has 158 valence electrons. The molecule has 1 amide bonds. The molecule has 8 heteroatoms. The normalized spacial score (nSPS) is 11.4. The lowest BCUT2D eigenvalue weighted by Crippen LogP contribution is -2.25. The molecule has 0 aliphatic heterocycles. The van der Waals surface area contributed by atoms with Gasteiger partial charge in [0.05, 0.1) is 16.3 Å². The van der Waals surface area contributed by atoms with Gasteiger partial charge in [0.25, 0.3) is 0 Å². The summed E-state index contributed by atoms with van der Waals surface area (Å²) in [5.41, 5.74) is 5.12. The first-order valence-corrected chi connectivity index (χ1v) is 11.3. The van der Waals surface area contributed by atoms with Crippen LogP contribution in [-0.2, 0) is 27.7 Å². The van der Waals surface area contributed by atoms with E-state index < -0.39 is 10.0 Å². The number of aryl methyl sites for hydroxylation is 3. The van der Waals surface area contributed by atoms with Crippen LogP contribution in [0.25, 0.3) is 5.69 Å². The fraction of sp³-hybridized carbons (Fsp3) is 0.273. The van der Waals surface area contributed by atoms with E-state index in [1.165, 1.54) is 12.1 Å². The predicted octanol–water partition coefficient (Wildman–Crippen LogP) is 2.43. The third kappa shape index (κ3) is 5.77. The van der Waals surface area contributed by atoms with E-state index in [0.29, 0.717) is 19.4 Å². The zero-order valence-electron chi connectivity index (χ0n) is 17.1. The molecule has 0 aliphatic carbocycles. The smallest absolute Gasteiger partial charge is 0.238 e. The lowest BCUT2D eigenvalue weighted by molar-refractivity contribution is -0.121. The summed E-state index contributed by atoms with van der Waals surface area (Å²) in [6.07, 6.45) is 1.62. The Balaban J connectivity index is 1.44. The first-order valence-electron chi connectivity index (χ1n) is 9.73. The summed E-state index contributed by atoms with van der Waals surface area (Å²) < 4.78 is 24.4. The number of rotatable bonds is 8. The van der Waals surface area contributed by atoms with Crippen molar-refractivity contribution in [3.8, 4) is 5.69 Å². The quantitative estimate of drug-likeness (QED) is 0.577. The number of hydrogen-bond donors (Lipinski definition) is 2. The van der Waals surface area contributed by atoms with Crippen molar-refractivity contribution < 1.29 is 13.2 Å². The first kappa shape index (κ1) is 21.7. The highest BCUT2D eigenvalue weighted by atomic mass is 32.2. The van der Waals surface area contributed by atoms with Crippen molar-refractivity contribution in [2.75, 3.05) is 6.54 Å². The number of carbonyl (C=O) groups excluding carboxylic acids is 1. The second-order valence-corrected chi connectivity index (χ2v) is 8.86. The molecule has 2 aromatic carbocycles. The van der Waals surface area contributed by atoms with Gasteiger partial charge in [-0.05, 0) is 68.1 Å². The van der Waals surface area contributed by atoms with Crippen molar-refractivity contribution >= 4 is 15.9 Å². The third-order valence-electron chi connectivity index (χ3n) is 4.82. The largest absolute Gasteiger partial charge is 0.356 e. The van der Waals surface area contributed by atoms with E-state index in [2.05, 4.69) is 10.4 Å². The molecule has 0 fully saturated rings. The molecule has 0 saturated heterocycles. The van der Waals surface area contributed by atoms with Crippen LogP contribution in [0, 0.1) is 13.8 Å². The lowest BCUT2D eigenvalue weighted by Gasteiger charge is -2.08. The number of sulfonamides is 1. The number of benzene rings is 2. The Bertz CT molecular complexity index is 1120. The van der Waals surface area contributed by atoms with Crippen molar-refractivity contribution in [2.45, 2.75) is 38.0 Å². The highest BCUT2D eigenvalue weighted by Gasteiger charge is 2.08. The fourth-order valence-corrected chi connectivity index (χ4v) is 3.75. The molecule has 30 heavy (non-hydrogen) atoms. The van der Waals surface area contributed by atoms with E-state index >= 15 is 0 Å². The predicted molar refractivity (Wildman–Crippen MR) is 116 cm³/mol. The summed E-state index contributed by atoms with van der Waals surface area (Å²) in [6.45, 7) is 4.56. The van der Waals surface area contributed by atoms with Crippen LogP contribution in [0.5, 0.6) is 0 Å². The molecule has 1 aromatic heterocycles. The Hall–Kier alpha value is -2.97. The zero-order chi connectivity index (χ0) is 21.7. The standard InChI is InChI=1S/C22H26N4O3S/c1-16-15-17(2)26(25-16)20-8-3-19(4-9-20)13-14-24-22(27)12-7-18-5-10-21(11-6-18)30(23,28)29/h3-6,8-11,15H,7,12-14H2,1-2H3,(H,24,27)(H2,23,28,29). The summed E-state index contributed by atoms with van der Waals surface area (Å²) in [5, 5.41) is 12.5. The molecule has 0 aliphatic rings.